The Morgan fingerprint density at radius 2 is 2.53 bits per heavy atom. The lowest BCUT2D eigenvalue weighted by Gasteiger charge is -2.22. The summed E-state index contributed by atoms with van der Waals surface area (Å²) in [5.41, 5.74) is 0.0849. The number of nitrogens with zero attached hydrogens (tertiary/aromatic N) is 2. The van der Waals surface area contributed by atoms with Gasteiger partial charge in [0.05, 0.1) is 26.0 Å². The zero-order chi connectivity index (χ0) is 12.3. The second-order valence-electron chi connectivity index (χ2n) is 4.04. The molecule has 6 heteroatoms. The maximum atomic E-state index is 11.1. The summed E-state index contributed by atoms with van der Waals surface area (Å²) in [5.74, 6) is -0.747. The minimum Gasteiger partial charge on any atom is -0.493 e. The second kappa shape index (κ2) is 5.18. The highest BCUT2D eigenvalue weighted by atomic mass is 16.5. The number of hydrogen-bond donors (Lipinski definition) is 1. The van der Waals surface area contributed by atoms with Crippen molar-refractivity contribution in [1.29, 1.82) is 0 Å². The zero-order valence-corrected chi connectivity index (χ0v) is 9.76. The molecule has 1 aliphatic heterocycles. The number of rotatable bonds is 4. The molecule has 1 unspecified atom stereocenters. The van der Waals surface area contributed by atoms with Crippen molar-refractivity contribution in [2.24, 2.45) is 0 Å². The highest BCUT2D eigenvalue weighted by Gasteiger charge is 2.22. The fourth-order valence-electron chi connectivity index (χ4n) is 2.02. The van der Waals surface area contributed by atoms with E-state index in [1.54, 1.807) is 0 Å². The summed E-state index contributed by atoms with van der Waals surface area (Å²) in [6, 6.07) is 0. The standard InChI is InChI=1S/C11H16N2O4/c1-16-9-6-12-13(10(9)11(14)15)7-8-4-2-3-5-17-8/h6,8H,2-5,7H2,1H3,(H,14,15). The van der Waals surface area contributed by atoms with Gasteiger partial charge in [0, 0.05) is 6.61 Å². The molecule has 0 bridgehead atoms. The molecular formula is C11H16N2O4. The first-order valence-corrected chi connectivity index (χ1v) is 5.67. The van der Waals surface area contributed by atoms with Gasteiger partial charge in [0.15, 0.2) is 11.4 Å². The van der Waals surface area contributed by atoms with E-state index in [1.807, 2.05) is 0 Å². The number of carboxylic acid groups (broad SMARTS) is 1. The summed E-state index contributed by atoms with van der Waals surface area (Å²) in [6.07, 6.45) is 4.61. The normalized spacial score (nSPS) is 20.2. The third-order valence-electron chi connectivity index (χ3n) is 2.88. The van der Waals surface area contributed by atoms with Crippen molar-refractivity contribution >= 4 is 5.97 Å². The molecule has 0 aromatic carbocycles. The Labute approximate surface area is 99.1 Å². The van der Waals surface area contributed by atoms with Crippen molar-refractivity contribution in [3.05, 3.63) is 11.9 Å². The van der Waals surface area contributed by atoms with Crippen LogP contribution in [0, 0.1) is 0 Å². The number of aromatic nitrogens is 2. The fraction of sp³-hybridized carbons (Fsp3) is 0.636. The lowest BCUT2D eigenvalue weighted by atomic mass is 10.1. The predicted octanol–water partition coefficient (Wildman–Crippen LogP) is 1.16. The molecule has 0 spiro atoms. The summed E-state index contributed by atoms with van der Waals surface area (Å²) in [5, 5.41) is 13.1. The van der Waals surface area contributed by atoms with Gasteiger partial charge in [0.25, 0.3) is 0 Å². The molecule has 1 aromatic heterocycles. The van der Waals surface area contributed by atoms with E-state index >= 15 is 0 Å². The van der Waals surface area contributed by atoms with Crippen LogP contribution in [0.3, 0.4) is 0 Å². The Morgan fingerprint density at radius 3 is 3.12 bits per heavy atom. The molecular weight excluding hydrogens is 224 g/mol. The van der Waals surface area contributed by atoms with E-state index in [1.165, 1.54) is 18.0 Å². The first kappa shape index (κ1) is 11.9. The second-order valence-corrected chi connectivity index (χ2v) is 4.04. The van der Waals surface area contributed by atoms with Crippen LogP contribution in [-0.4, -0.2) is 40.7 Å². The van der Waals surface area contributed by atoms with E-state index in [0.717, 1.165) is 25.9 Å². The van der Waals surface area contributed by atoms with Crippen molar-refractivity contribution in [1.82, 2.24) is 9.78 Å². The Morgan fingerprint density at radius 1 is 1.71 bits per heavy atom. The Kier molecular flexibility index (Phi) is 3.63. The smallest absolute Gasteiger partial charge is 0.358 e. The van der Waals surface area contributed by atoms with Gasteiger partial charge in [-0.1, -0.05) is 0 Å². The molecule has 94 valence electrons. The van der Waals surface area contributed by atoms with Crippen LogP contribution in [0.15, 0.2) is 6.20 Å². The molecule has 1 fully saturated rings. The SMILES string of the molecule is COc1cnn(CC2CCCCO2)c1C(=O)O. The number of carbonyl (C=O) groups is 1. The van der Waals surface area contributed by atoms with Gasteiger partial charge in [-0.15, -0.1) is 0 Å². The number of aromatic carboxylic acids is 1. The molecule has 1 saturated heterocycles. The zero-order valence-electron chi connectivity index (χ0n) is 9.76. The third kappa shape index (κ3) is 2.58. The fourth-order valence-corrected chi connectivity index (χ4v) is 2.02. The summed E-state index contributed by atoms with van der Waals surface area (Å²) in [4.78, 5) is 11.1. The lowest BCUT2D eigenvalue weighted by molar-refractivity contribution is 0.00326. The molecule has 17 heavy (non-hydrogen) atoms. The summed E-state index contributed by atoms with van der Waals surface area (Å²) < 4.78 is 12.0. The Hall–Kier alpha value is -1.56. The van der Waals surface area contributed by atoms with Crippen molar-refractivity contribution in [2.45, 2.75) is 31.9 Å². The number of methoxy groups -OCH3 is 1. The van der Waals surface area contributed by atoms with Gasteiger partial charge in [-0.05, 0) is 19.3 Å². The van der Waals surface area contributed by atoms with Crippen molar-refractivity contribution in [3.8, 4) is 5.75 Å². The van der Waals surface area contributed by atoms with Crippen LogP contribution in [0.1, 0.15) is 29.8 Å². The van der Waals surface area contributed by atoms with Crippen LogP contribution in [0.25, 0.3) is 0 Å². The average Bonchev–Trinajstić information content (AvgIpc) is 2.73. The van der Waals surface area contributed by atoms with Gasteiger partial charge in [-0.25, -0.2) is 4.79 Å². The van der Waals surface area contributed by atoms with Gasteiger partial charge >= 0.3 is 5.97 Å². The van der Waals surface area contributed by atoms with Crippen LogP contribution in [0.5, 0.6) is 5.75 Å². The molecule has 0 amide bonds. The molecule has 2 heterocycles. The van der Waals surface area contributed by atoms with Gasteiger partial charge in [-0.2, -0.15) is 5.10 Å². The van der Waals surface area contributed by atoms with Gasteiger partial charge in [0.1, 0.15) is 0 Å². The summed E-state index contributed by atoms with van der Waals surface area (Å²) in [6.45, 7) is 1.20. The number of ether oxygens (including phenoxy) is 2. The molecule has 0 radical (unpaired) electrons. The van der Waals surface area contributed by atoms with E-state index in [9.17, 15) is 4.79 Å². The first-order valence-electron chi connectivity index (χ1n) is 5.67. The predicted molar refractivity (Wildman–Crippen MR) is 59.3 cm³/mol. The molecule has 1 N–H and O–H groups in total. The number of carboxylic acids is 1. The third-order valence-corrected chi connectivity index (χ3v) is 2.88. The summed E-state index contributed by atoms with van der Waals surface area (Å²) in [7, 11) is 1.44. The van der Waals surface area contributed by atoms with E-state index < -0.39 is 5.97 Å². The van der Waals surface area contributed by atoms with Crippen LogP contribution in [-0.2, 0) is 11.3 Å². The topological polar surface area (TPSA) is 73.6 Å². The van der Waals surface area contributed by atoms with Crippen molar-refractivity contribution in [3.63, 3.8) is 0 Å². The maximum absolute atomic E-state index is 11.1. The monoisotopic (exact) mass is 240 g/mol. The molecule has 1 aliphatic rings. The van der Waals surface area contributed by atoms with E-state index in [2.05, 4.69) is 5.10 Å². The Balaban J connectivity index is 2.14. The molecule has 0 saturated carbocycles. The van der Waals surface area contributed by atoms with Crippen LogP contribution in [0.2, 0.25) is 0 Å². The van der Waals surface area contributed by atoms with Gasteiger partial charge in [-0.3, -0.25) is 4.68 Å². The minimum absolute atomic E-state index is 0.0476. The first-order chi connectivity index (χ1) is 8.22. The van der Waals surface area contributed by atoms with Crippen LogP contribution >= 0.6 is 0 Å². The highest BCUT2D eigenvalue weighted by Crippen LogP contribution is 2.20. The van der Waals surface area contributed by atoms with Crippen molar-refractivity contribution in [2.75, 3.05) is 13.7 Å². The van der Waals surface area contributed by atoms with Gasteiger partial charge < -0.3 is 14.6 Å². The van der Waals surface area contributed by atoms with E-state index in [4.69, 9.17) is 14.6 Å². The minimum atomic E-state index is -1.03. The molecule has 1 atom stereocenters. The van der Waals surface area contributed by atoms with Crippen molar-refractivity contribution < 1.29 is 19.4 Å². The van der Waals surface area contributed by atoms with Gasteiger partial charge in [0.2, 0.25) is 0 Å². The molecule has 0 aliphatic carbocycles. The highest BCUT2D eigenvalue weighted by molar-refractivity contribution is 5.88. The molecule has 1 aromatic rings. The van der Waals surface area contributed by atoms with E-state index in [-0.39, 0.29) is 17.5 Å². The van der Waals surface area contributed by atoms with E-state index in [0.29, 0.717) is 6.54 Å². The molecule has 2 rings (SSSR count). The average molecular weight is 240 g/mol. The summed E-state index contributed by atoms with van der Waals surface area (Å²) >= 11 is 0. The molecule has 6 nitrogen and oxygen atoms in total. The maximum Gasteiger partial charge on any atom is 0.358 e. The quantitative estimate of drug-likeness (QED) is 0.854. The number of hydrogen-bond acceptors (Lipinski definition) is 4. The largest absolute Gasteiger partial charge is 0.493 e. The lowest BCUT2D eigenvalue weighted by Crippen LogP contribution is -2.26. The Bertz CT molecular complexity index is 396. The van der Waals surface area contributed by atoms with Crippen LogP contribution < -0.4 is 4.74 Å². The van der Waals surface area contributed by atoms with Crippen LogP contribution in [0.4, 0.5) is 0 Å².